The van der Waals surface area contributed by atoms with E-state index in [1.165, 1.54) is 0 Å². The van der Waals surface area contributed by atoms with E-state index >= 15 is 0 Å². The molecular weight excluding hydrogens is 372 g/mol. The van der Waals surface area contributed by atoms with E-state index in [-0.39, 0.29) is 6.03 Å². The van der Waals surface area contributed by atoms with Crippen LogP contribution in [0.5, 0.6) is 0 Å². The summed E-state index contributed by atoms with van der Waals surface area (Å²) in [6.45, 7) is 8.37. The lowest BCUT2D eigenvalue weighted by atomic mass is 10.3. The van der Waals surface area contributed by atoms with Crippen molar-refractivity contribution in [2.75, 3.05) is 55.6 Å². The fourth-order valence-electron chi connectivity index (χ4n) is 3.66. The predicted molar refractivity (Wildman–Crippen MR) is 113 cm³/mol. The first-order valence-corrected chi connectivity index (χ1v) is 10.6. The van der Waals surface area contributed by atoms with Gasteiger partial charge < -0.3 is 4.90 Å². The average Bonchev–Trinajstić information content (AvgIpc) is 2.75. The fraction of sp³-hybridized carbons (Fsp3) is 0.450. The molecule has 0 bridgehead atoms. The standard InChI is InChI=1S/C20H26N6OS/c1-2-25-17-7-3-4-8-18(17)28-26(20(25)27)12-6-11-23-13-15-24(16-14-23)19-21-9-5-10-22-19/h3-5,7-10H,2,6,11-16H2,1H3. The van der Waals surface area contributed by atoms with Crippen LogP contribution in [0.4, 0.5) is 16.4 Å². The molecule has 1 aromatic carbocycles. The highest BCUT2D eigenvalue weighted by atomic mass is 32.2. The molecule has 7 nitrogen and oxygen atoms in total. The Bertz CT molecular complexity index is 796. The molecule has 148 valence electrons. The summed E-state index contributed by atoms with van der Waals surface area (Å²) in [4.78, 5) is 29.2. The lowest BCUT2D eigenvalue weighted by Gasteiger charge is -2.37. The van der Waals surface area contributed by atoms with Gasteiger partial charge in [-0.05, 0) is 43.5 Å². The van der Waals surface area contributed by atoms with Crippen LogP contribution in [0.3, 0.4) is 0 Å². The van der Waals surface area contributed by atoms with Gasteiger partial charge >= 0.3 is 6.03 Å². The summed E-state index contributed by atoms with van der Waals surface area (Å²) >= 11 is 1.57. The van der Waals surface area contributed by atoms with Gasteiger partial charge in [0.15, 0.2) is 0 Å². The first kappa shape index (κ1) is 19.0. The second kappa shape index (κ2) is 8.79. The Balaban J connectivity index is 1.26. The monoisotopic (exact) mass is 398 g/mol. The third-order valence-corrected chi connectivity index (χ3v) is 6.27. The topological polar surface area (TPSA) is 55.8 Å². The zero-order chi connectivity index (χ0) is 19.3. The smallest absolute Gasteiger partial charge is 0.334 e. The molecule has 2 amide bonds. The van der Waals surface area contributed by atoms with E-state index in [9.17, 15) is 4.79 Å². The maximum atomic E-state index is 12.8. The Labute approximate surface area is 170 Å². The lowest BCUT2D eigenvalue weighted by Crippen LogP contribution is -2.48. The molecule has 0 N–H and O–H groups in total. The van der Waals surface area contributed by atoms with E-state index in [0.717, 1.165) is 62.2 Å². The highest BCUT2D eigenvalue weighted by Gasteiger charge is 2.30. The van der Waals surface area contributed by atoms with Crippen molar-refractivity contribution >= 4 is 29.6 Å². The van der Waals surface area contributed by atoms with E-state index in [1.54, 1.807) is 24.3 Å². The van der Waals surface area contributed by atoms with Gasteiger partial charge in [0.25, 0.3) is 0 Å². The van der Waals surface area contributed by atoms with Crippen molar-refractivity contribution in [3.05, 3.63) is 42.7 Å². The van der Waals surface area contributed by atoms with Crippen molar-refractivity contribution < 1.29 is 4.79 Å². The quantitative estimate of drug-likeness (QED) is 0.698. The summed E-state index contributed by atoms with van der Waals surface area (Å²) in [5.41, 5.74) is 1.02. The van der Waals surface area contributed by atoms with Gasteiger partial charge in [-0.1, -0.05) is 12.1 Å². The molecule has 0 unspecified atom stereocenters. The minimum absolute atomic E-state index is 0.0947. The minimum Gasteiger partial charge on any atom is -0.338 e. The van der Waals surface area contributed by atoms with Gasteiger partial charge in [-0.15, -0.1) is 0 Å². The summed E-state index contributed by atoms with van der Waals surface area (Å²) < 4.78 is 1.90. The predicted octanol–water partition coefficient (Wildman–Crippen LogP) is 2.96. The molecule has 0 radical (unpaired) electrons. The van der Waals surface area contributed by atoms with Crippen LogP contribution in [0.15, 0.2) is 47.6 Å². The van der Waals surface area contributed by atoms with Crippen LogP contribution in [-0.4, -0.2) is 71.0 Å². The van der Waals surface area contributed by atoms with Crippen molar-refractivity contribution in [1.29, 1.82) is 0 Å². The third-order valence-electron chi connectivity index (χ3n) is 5.17. The average molecular weight is 399 g/mol. The first-order chi connectivity index (χ1) is 13.8. The molecular formula is C20H26N6OS. The van der Waals surface area contributed by atoms with Crippen LogP contribution < -0.4 is 9.80 Å². The maximum Gasteiger partial charge on any atom is 0.334 e. The van der Waals surface area contributed by atoms with Crippen LogP contribution in [0.2, 0.25) is 0 Å². The number of carbonyl (C=O) groups excluding carboxylic acids is 1. The second-order valence-electron chi connectivity index (χ2n) is 6.92. The second-order valence-corrected chi connectivity index (χ2v) is 7.98. The number of piperazine rings is 1. The minimum atomic E-state index is 0.0947. The molecule has 1 aromatic heterocycles. The maximum absolute atomic E-state index is 12.8. The Kier molecular flexibility index (Phi) is 5.97. The molecule has 0 saturated carbocycles. The van der Waals surface area contributed by atoms with Crippen LogP contribution >= 0.6 is 11.9 Å². The molecule has 2 aliphatic rings. The number of benzene rings is 1. The number of anilines is 2. The molecule has 1 saturated heterocycles. The Morgan fingerprint density at radius 3 is 2.50 bits per heavy atom. The van der Waals surface area contributed by atoms with Gasteiger partial charge in [0.2, 0.25) is 5.95 Å². The van der Waals surface area contributed by atoms with Crippen LogP contribution in [0.25, 0.3) is 0 Å². The molecule has 0 atom stereocenters. The molecule has 28 heavy (non-hydrogen) atoms. The summed E-state index contributed by atoms with van der Waals surface area (Å²) in [5, 5.41) is 0. The fourth-order valence-corrected chi connectivity index (χ4v) is 4.71. The van der Waals surface area contributed by atoms with Gasteiger partial charge in [0.05, 0.1) is 10.6 Å². The zero-order valence-electron chi connectivity index (χ0n) is 16.2. The van der Waals surface area contributed by atoms with Crippen LogP contribution in [-0.2, 0) is 0 Å². The Hall–Kier alpha value is -2.32. The highest BCUT2D eigenvalue weighted by Crippen LogP contribution is 2.38. The van der Waals surface area contributed by atoms with E-state index in [4.69, 9.17) is 0 Å². The Morgan fingerprint density at radius 1 is 1.00 bits per heavy atom. The Morgan fingerprint density at radius 2 is 1.75 bits per heavy atom. The van der Waals surface area contributed by atoms with Crippen LogP contribution in [0.1, 0.15) is 13.3 Å². The molecule has 3 heterocycles. The van der Waals surface area contributed by atoms with Gasteiger partial charge in [-0.3, -0.25) is 14.1 Å². The van der Waals surface area contributed by atoms with Gasteiger partial charge in [-0.25, -0.2) is 14.8 Å². The van der Waals surface area contributed by atoms with Crippen molar-refractivity contribution in [2.45, 2.75) is 18.2 Å². The first-order valence-electron chi connectivity index (χ1n) is 9.86. The highest BCUT2D eigenvalue weighted by molar-refractivity contribution is 7.97. The van der Waals surface area contributed by atoms with E-state index in [0.29, 0.717) is 6.54 Å². The number of rotatable bonds is 6. The van der Waals surface area contributed by atoms with Crippen molar-refractivity contribution in [2.24, 2.45) is 0 Å². The number of fused-ring (bicyclic) bond motifs is 1. The summed E-state index contributed by atoms with van der Waals surface area (Å²) in [5.74, 6) is 0.816. The van der Waals surface area contributed by atoms with E-state index in [2.05, 4.69) is 25.8 Å². The number of amides is 2. The van der Waals surface area contributed by atoms with Gasteiger partial charge in [0, 0.05) is 58.2 Å². The molecule has 2 aromatic rings. The largest absolute Gasteiger partial charge is 0.338 e. The lowest BCUT2D eigenvalue weighted by molar-refractivity contribution is 0.223. The molecule has 0 aliphatic carbocycles. The van der Waals surface area contributed by atoms with Crippen molar-refractivity contribution in [1.82, 2.24) is 19.2 Å². The third kappa shape index (κ3) is 4.07. The van der Waals surface area contributed by atoms with E-state index < -0.39 is 0 Å². The van der Waals surface area contributed by atoms with Gasteiger partial charge in [0.1, 0.15) is 0 Å². The molecule has 2 aliphatic heterocycles. The summed E-state index contributed by atoms with van der Waals surface area (Å²) in [7, 11) is 0. The van der Waals surface area contributed by atoms with Crippen molar-refractivity contribution in [3.63, 3.8) is 0 Å². The number of para-hydroxylation sites is 1. The van der Waals surface area contributed by atoms with Crippen molar-refractivity contribution in [3.8, 4) is 0 Å². The summed E-state index contributed by atoms with van der Waals surface area (Å²) in [6.07, 6.45) is 4.56. The number of hydrogen-bond donors (Lipinski definition) is 0. The molecule has 0 spiro atoms. The molecule has 8 heteroatoms. The number of hydrogen-bond acceptors (Lipinski definition) is 6. The van der Waals surface area contributed by atoms with E-state index in [1.807, 2.05) is 40.4 Å². The number of urea groups is 1. The normalized spacial score (nSPS) is 17.8. The van der Waals surface area contributed by atoms with Crippen LogP contribution in [0, 0.1) is 0 Å². The number of carbonyl (C=O) groups is 1. The SMILES string of the molecule is CCN1C(=O)N(CCCN2CCN(c3ncccn3)CC2)Sc2ccccc21. The zero-order valence-corrected chi connectivity index (χ0v) is 17.0. The summed E-state index contributed by atoms with van der Waals surface area (Å²) in [6, 6.07) is 10.1. The number of nitrogens with zero attached hydrogens (tertiary/aromatic N) is 6. The molecule has 4 rings (SSSR count). The van der Waals surface area contributed by atoms with Gasteiger partial charge in [-0.2, -0.15) is 0 Å². The molecule has 1 fully saturated rings. The number of aromatic nitrogens is 2.